The number of ether oxygens (including phenoxy) is 1. The molecule has 0 radical (unpaired) electrons. The van der Waals surface area contributed by atoms with Crippen molar-refractivity contribution in [2.45, 2.75) is 30.6 Å². The first kappa shape index (κ1) is 20.7. The van der Waals surface area contributed by atoms with Gasteiger partial charge in [0, 0.05) is 13.0 Å². The van der Waals surface area contributed by atoms with E-state index in [9.17, 15) is 13.2 Å². The SMILES string of the molecule is O=C(NCCOc1ccccc1)c1cc2c(cc1Cl)N1CCCCCC1=NS2(=O)=O. The summed E-state index contributed by atoms with van der Waals surface area (Å²) in [6.07, 6.45) is 3.48. The fourth-order valence-electron chi connectivity index (χ4n) is 3.62. The second kappa shape index (κ2) is 8.65. The second-order valence-electron chi connectivity index (χ2n) is 7.16. The van der Waals surface area contributed by atoms with Crippen LogP contribution < -0.4 is 15.0 Å². The van der Waals surface area contributed by atoms with Gasteiger partial charge in [0.05, 0.1) is 22.8 Å². The lowest BCUT2D eigenvalue weighted by Gasteiger charge is -2.30. The Hall–Kier alpha value is -2.58. The summed E-state index contributed by atoms with van der Waals surface area (Å²) in [5.41, 5.74) is 0.600. The molecule has 1 fully saturated rings. The van der Waals surface area contributed by atoms with E-state index < -0.39 is 15.9 Å². The van der Waals surface area contributed by atoms with Crippen LogP contribution in [0.1, 0.15) is 36.0 Å². The largest absolute Gasteiger partial charge is 0.492 e. The number of hydrogen-bond acceptors (Lipinski definition) is 5. The van der Waals surface area contributed by atoms with Crippen molar-refractivity contribution in [3.63, 3.8) is 0 Å². The van der Waals surface area contributed by atoms with E-state index >= 15 is 0 Å². The molecule has 158 valence electrons. The first-order valence-corrected chi connectivity index (χ1v) is 11.7. The Balaban J connectivity index is 1.51. The number of benzene rings is 2. The number of fused-ring (bicyclic) bond motifs is 3. The number of halogens is 1. The summed E-state index contributed by atoms with van der Waals surface area (Å²) in [6.45, 7) is 1.21. The number of carbonyl (C=O) groups excluding carboxylic acids is 1. The number of para-hydroxylation sites is 1. The van der Waals surface area contributed by atoms with Crippen molar-refractivity contribution in [2.75, 3.05) is 24.6 Å². The molecule has 0 bridgehead atoms. The van der Waals surface area contributed by atoms with Crippen molar-refractivity contribution >= 4 is 39.1 Å². The van der Waals surface area contributed by atoms with Gasteiger partial charge in [-0.3, -0.25) is 4.79 Å². The van der Waals surface area contributed by atoms with Gasteiger partial charge in [-0.2, -0.15) is 8.42 Å². The lowest BCUT2D eigenvalue weighted by atomic mass is 10.1. The number of amidine groups is 1. The number of anilines is 1. The minimum atomic E-state index is -3.88. The summed E-state index contributed by atoms with van der Waals surface area (Å²) in [5, 5.41) is 2.92. The summed E-state index contributed by atoms with van der Waals surface area (Å²) < 4.78 is 35.0. The molecule has 0 atom stereocenters. The van der Waals surface area contributed by atoms with Crippen LogP contribution in [0.25, 0.3) is 0 Å². The molecule has 2 heterocycles. The standard InChI is InChI=1S/C21H22ClN3O4S/c22-17-14-18-19(30(27,28)24-20-9-5-2-6-11-25(18)20)13-16(17)21(26)23-10-12-29-15-7-3-1-4-8-15/h1,3-4,7-8,13-14H,2,5-6,9-12H2,(H,23,26). The van der Waals surface area contributed by atoms with Gasteiger partial charge >= 0.3 is 0 Å². The van der Waals surface area contributed by atoms with Gasteiger partial charge in [0.2, 0.25) is 0 Å². The molecule has 1 amide bonds. The average molecular weight is 448 g/mol. The van der Waals surface area contributed by atoms with Gasteiger partial charge in [-0.1, -0.05) is 36.2 Å². The fraction of sp³-hybridized carbons (Fsp3) is 0.333. The lowest BCUT2D eigenvalue weighted by Crippen LogP contribution is -2.36. The van der Waals surface area contributed by atoms with Crippen LogP contribution in [-0.4, -0.2) is 39.9 Å². The molecule has 2 aromatic carbocycles. The highest BCUT2D eigenvalue weighted by atomic mass is 35.5. The van der Waals surface area contributed by atoms with E-state index in [1.165, 1.54) is 6.07 Å². The maximum absolute atomic E-state index is 12.7. The summed E-state index contributed by atoms with van der Waals surface area (Å²) in [5.74, 6) is 0.794. The van der Waals surface area contributed by atoms with Gasteiger partial charge in [-0.05, 0) is 37.1 Å². The van der Waals surface area contributed by atoms with Gasteiger partial charge < -0.3 is 15.0 Å². The van der Waals surface area contributed by atoms with Crippen LogP contribution in [0.5, 0.6) is 5.75 Å². The molecule has 9 heteroatoms. The van der Waals surface area contributed by atoms with Crippen molar-refractivity contribution in [2.24, 2.45) is 4.40 Å². The van der Waals surface area contributed by atoms with E-state index in [2.05, 4.69) is 9.71 Å². The number of rotatable bonds is 5. The summed E-state index contributed by atoms with van der Waals surface area (Å²) in [6, 6.07) is 12.1. The Labute approximate surface area is 180 Å². The van der Waals surface area contributed by atoms with Crippen molar-refractivity contribution < 1.29 is 17.9 Å². The third-order valence-electron chi connectivity index (χ3n) is 5.08. The van der Waals surface area contributed by atoms with E-state index in [-0.39, 0.29) is 28.6 Å². The minimum absolute atomic E-state index is 0.0169. The highest BCUT2D eigenvalue weighted by molar-refractivity contribution is 7.90. The minimum Gasteiger partial charge on any atom is -0.492 e. The molecule has 4 rings (SSSR count). The molecule has 0 spiro atoms. The molecule has 0 aromatic heterocycles. The molecule has 0 unspecified atom stereocenters. The van der Waals surface area contributed by atoms with Crippen LogP contribution in [0.3, 0.4) is 0 Å². The van der Waals surface area contributed by atoms with Crippen molar-refractivity contribution in [1.29, 1.82) is 0 Å². The van der Waals surface area contributed by atoms with Crippen LogP contribution in [0.15, 0.2) is 51.8 Å². The zero-order valence-electron chi connectivity index (χ0n) is 16.3. The third kappa shape index (κ3) is 4.29. The van der Waals surface area contributed by atoms with Crippen molar-refractivity contribution in [3.8, 4) is 5.75 Å². The molecular formula is C21H22ClN3O4S. The Bertz CT molecular complexity index is 1090. The van der Waals surface area contributed by atoms with E-state index in [0.29, 0.717) is 30.2 Å². The predicted molar refractivity (Wildman–Crippen MR) is 116 cm³/mol. The van der Waals surface area contributed by atoms with E-state index in [1.807, 2.05) is 35.2 Å². The molecule has 1 saturated heterocycles. The molecule has 30 heavy (non-hydrogen) atoms. The molecule has 0 saturated carbocycles. The van der Waals surface area contributed by atoms with Gasteiger partial charge in [-0.25, -0.2) is 0 Å². The highest BCUT2D eigenvalue weighted by Gasteiger charge is 2.33. The van der Waals surface area contributed by atoms with Crippen molar-refractivity contribution in [3.05, 3.63) is 53.1 Å². The quantitative estimate of drug-likeness (QED) is 0.707. The van der Waals surface area contributed by atoms with Gasteiger partial charge in [0.15, 0.2) is 0 Å². The van der Waals surface area contributed by atoms with Crippen LogP contribution in [0.2, 0.25) is 5.02 Å². The maximum Gasteiger partial charge on any atom is 0.286 e. The number of amides is 1. The highest BCUT2D eigenvalue weighted by Crippen LogP contribution is 2.37. The number of hydrogen-bond donors (Lipinski definition) is 1. The molecule has 0 aliphatic carbocycles. The smallest absolute Gasteiger partial charge is 0.286 e. The normalized spacial score (nSPS) is 17.2. The predicted octanol–water partition coefficient (Wildman–Crippen LogP) is 3.63. The van der Waals surface area contributed by atoms with Crippen LogP contribution in [-0.2, 0) is 10.0 Å². The summed E-state index contributed by atoms with van der Waals surface area (Å²) >= 11 is 6.38. The number of nitrogens with one attached hydrogen (secondary N) is 1. The fourth-order valence-corrected chi connectivity index (χ4v) is 5.13. The zero-order valence-corrected chi connectivity index (χ0v) is 17.9. The molecule has 7 nitrogen and oxygen atoms in total. The number of sulfonamides is 1. The van der Waals surface area contributed by atoms with Gasteiger partial charge in [0.1, 0.15) is 23.1 Å². The lowest BCUT2D eigenvalue weighted by molar-refractivity contribution is 0.0947. The maximum atomic E-state index is 12.7. The molecule has 1 N–H and O–H groups in total. The molecule has 2 aliphatic rings. The summed E-state index contributed by atoms with van der Waals surface area (Å²) in [4.78, 5) is 14.5. The Morgan fingerprint density at radius 1 is 1.17 bits per heavy atom. The Morgan fingerprint density at radius 3 is 2.77 bits per heavy atom. The van der Waals surface area contributed by atoms with E-state index in [4.69, 9.17) is 16.3 Å². The van der Waals surface area contributed by atoms with E-state index in [1.54, 1.807) is 6.07 Å². The number of carbonyl (C=O) groups is 1. The number of nitrogens with zero attached hydrogens (tertiary/aromatic N) is 2. The second-order valence-corrected chi connectivity index (χ2v) is 9.14. The van der Waals surface area contributed by atoms with Crippen LogP contribution >= 0.6 is 11.6 Å². The monoisotopic (exact) mass is 447 g/mol. The van der Waals surface area contributed by atoms with Gasteiger partial charge in [-0.15, -0.1) is 4.40 Å². The first-order valence-electron chi connectivity index (χ1n) is 9.87. The van der Waals surface area contributed by atoms with Gasteiger partial charge in [0.25, 0.3) is 15.9 Å². The summed E-state index contributed by atoms with van der Waals surface area (Å²) in [7, 11) is -3.88. The topological polar surface area (TPSA) is 88.1 Å². The third-order valence-corrected chi connectivity index (χ3v) is 6.73. The molecule has 2 aliphatic heterocycles. The molecule has 2 aromatic rings. The van der Waals surface area contributed by atoms with Crippen LogP contribution in [0, 0.1) is 0 Å². The average Bonchev–Trinajstić information content (AvgIpc) is 2.96. The first-order chi connectivity index (χ1) is 14.5. The Morgan fingerprint density at radius 2 is 1.97 bits per heavy atom. The molecular weight excluding hydrogens is 426 g/mol. The van der Waals surface area contributed by atoms with Crippen LogP contribution in [0.4, 0.5) is 5.69 Å². The van der Waals surface area contributed by atoms with Crippen molar-refractivity contribution in [1.82, 2.24) is 5.32 Å². The Kier molecular flexibility index (Phi) is 5.97. The zero-order chi connectivity index (χ0) is 21.1. The van der Waals surface area contributed by atoms with E-state index in [0.717, 1.165) is 19.3 Å².